The van der Waals surface area contributed by atoms with Gasteiger partial charge >= 0.3 is 0 Å². The van der Waals surface area contributed by atoms with Crippen LogP contribution in [0.5, 0.6) is 0 Å². The third kappa shape index (κ3) is 4.89. The van der Waals surface area contributed by atoms with Gasteiger partial charge in [0.25, 0.3) is 5.56 Å². The molecule has 0 aliphatic heterocycles. The van der Waals surface area contributed by atoms with Gasteiger partial charge in [-0.15, -0.1) is 11.3 Å². The third-order valence-electron chi connectivity index (χ3n) is 5.71. The zero-order chi connectivity index (χ0) is 25.9. The monoisotopic (exact) mass is 553 g/mol. The molecule has 186 valence electrons. The van der Waals surface area contributed by atoms with Gasteiger partial charge in [-0.1, -0.05) is 90.6 Å². The number of carbonyl (C=O) groups is 1. The minimum atomic E-state index is -0.254. The largest absolute Gasteiger partial charge is 0.300 e. The molecule has 0 aliphatic rings. The van der Waals surface area contributed by atoms with E-state index < -0.39 is 0 Å². The molecule has 38 heavy (non-hydrogen) atoms. The third-order valence-corrected chi connectivity index (χ3v) is 8.15. The lowest BCUT2D eigenvalue weighted by molar-refractivity contribution is -0.113. The topological polar surface area (TPSA) is 89.8 Å². The molecular formula is C28H19N5O2S3. The van der Waals surface area contributed by atoms with Crippen LogP contribution in [0.4, 0.5) is 5.13 Å². The molecule has 1 amide bonds. The Labute approximate surface area is 230 Å². The lowest BCUT2D eigenvalue weighted by atomic mass is 10.1. The average Bonchev–Trinajstić information content (AvgIpc) is 3.61. The number of anilines is 1. The fraction of sp³-hybridized carbons (Fsp3) is 0.0357. The van der Waals surface area contributed by atoms with Crippen molar-refractivity contribution in [2.45, 2.75) is 5.16 Å². The summed E-state index contributed by atoms with van der Waals surface area (Å²) in [5.74, 6) is 0.369. The van der Waals surface area contributed by atoms with Crippen molar-refractivity contribution >= 4 is 55.9 Å². The number of nitrogens with one attached hydrogen (secondary N) is 1. The highest BCUT2D eigenvalue weighted by atomic mass is 32.2. The van der Waals surface area contributed by atoms with E-state index in [0.29, 0.717) is 32.0 Å². The Balaban J connectivity index is 1.30. The number of rotatable bonds is 7. The molecule has 3 aromatic carbocycles. The number of nitrogens with zero attached hydrogens (tertiary/aromatic N) is 4. The van der Waals surface area contributed by atoms with Gasteiger partial charge in [0.2, 0.25) is 11.0 Å². The molecule has 0 unspecified atom stereocenters. The Morgan fingerprint density at radius 3 is 2.24 bits per heavy atom. The zero-order valence-corrected chi connectivity index (χ0v) is 22.2. The SMILES string of the molecule is O=C(CSc1nc2scc(-c3ccccc3)c2c(=O)n1-c1ccccc1)Nc1nc(-c2ccccc2)ns1. The van der Waals surface area contributed by atoms with Crippen molar-refractivity contribution in [1.29, 1.82) is 0 Å². The molecule has 6 aromatic rings. The van der Waals surface area contributed by atoms with Crippen LogP contribution in [-0.4, -0.2) is 30.6 Å². The highest BCUT2D eigenvalue weighted by molar-refractivity contribution is 7.99. The van der Waals surface area contributed by atoms with Crippen LogP contribution in [0.25, 0.3) is 38.4 Å². The standard InChI is InChI=1S/C28H19N5O2S3/c34-22(29-27-30-24(32-38-27)19-12-6-2-7-13-19)17-37-28-31-25-23(21(16-36-25)18-10-4-1-5-11-18)26(35)33(28)20-14-8-3-9-15-20/h1-16H,17H2,(H,29,30,32,34). The number of thioether (sulfide) groups is 1. The predicted octanol–water partition coefficient (Wildman–Crippen LogP) is 6.36. The molecule has 7 nitrogen and oxygen atoms in total. The van der Waals surface area contributed by atoms with Crippen molar-refractivity contribution in [3.8, 4) is 28.2 Å². The van der Waals surface area contributed by atoms with Crippen LogP contribution >= 0.6 is 34.6 Å². The van der Waals surface area contributed by atoms with Crippen molar-refractivity contribution < 1.29 is 4.79 Å². The molecule has 3 heterocycles. The highest BCUT2D eigenvalue weighted by Crippen LogP contribution is 2.33. The van der Waals surface area contributed by atoms with Crippen LogP contribution < -0.4 is 10.9 Å². The summed E-state index contributed by atoms with van der Waals surface area (Å²) >= 11 is 3.76. The normalized spacial score (nSPS) is 11.1. The molecule has 0 bridgehead atoms. The van der Waals surface area contributed by atoms with Crippen LogP contribution in [0.2, 0.25) is 0 Å². The first kappa shape index (κ1) is 24.2. The molecule has 1 N–H and O–H groups in total. The fourth-order valence-electron chi connectivity index (χ4n) is 3.97. The number of aromatic nitrogens is 4. The molecule has 0 spiro atoms. The maximum Gasteiger partial charge on any atom is 0.268 e. The van der Waals surface area contributed by atoms with E-state index >= 15 is 0 Å². The van der Waals surface area contributed by atoms with Gasteiger partial charge in [-0.25, -0.2) is 4.98 Å². The molecule has 0 aliphatic carbocycles. The lowest BCUT2D eigenvalue weighted by Gasteiger charge is -2.12. The Hall–Kier alpha value is -4.12. The van der Waals surface area contributed by atoms with Gasteiger partial charge in [0, 0.05) is 28.0 Å². The Kier molecular flexibility index (Phi) is 6.82. The Morgan fingerprint density at radius 2 is 1.53 bits per heavy atom. The molecular weight excluding hydrogens is 535 g/mol. The molecule has 0 radical (unpaired) electrons. The van der Waals surface area contributed by atoms with Crippen LogP contribution in [0.15, 0.2) is 106 Å². The fourth-order valence-corrected chi connectivity index (χ4v) is 6.38. The van der Waals surface area contributed by atoms with E-state index in [4.69, 9.17) is 4.98 Å². The number of fused-ring (bicyclic) bond motifs is 1. The number of carbonyl (C=O) groups excluding carboxylic acids is 1. The summed E-state index contributed by atoms with van der Waals surface area (Å²) in [4.78, 5) is 36.6. The van der Waals surface area contributed by atoms with Gasteiger partial charge in [-0.2, -0.15) is 9.36 Å². The molecule has 3 aromatic heterocycles. The van der Waals surface area contributed by atoms with Crippen molar-refractivity contribution in [1.82, 2.24) is 18.9 Å². The first-order valence-corrected chi connectivity index (χ1v) is 14.3. The summed E-state index contributed by atoms with van der Waals surface area (Å²) < 4.78 is 5.92. The molecule has 0 saturated heterocycles. The maximum absolute atomic E-state index is 13.9. The second kappa shape index (κ2) is 10.7. The van der Waals surface area contributed by atoms with E-state index in [1.165, 1.54) is 23.1 Å². The number of benzene rings is 3. The van der Waals surface area contributed by atoms with Gasteiger partial charge < -0.3 is 0 Å². The molecule has 10 heteroatoms. The summed E-state index contributed by atoms with van der Waals surface area (Å²) in [5.41, 5.74) is 3.22. The van der Waals surface area contributed by atoms with Gasteiger partial charge in [0.05, 0.1) is 16.8 Å². The Bertz CT molecular complexity index is 1780. The van der Waals surface area contributed by atoms with Crippen molar-refractivity contribution in [2.24, 2.45) is 0 Å². The predicted molar refractivity (Wildman–Crippen MR) is 155 cm³/mol. The van der Waals surface area contributed by atoms with E-state index in [9.17, 15) is 9.59 Å². The molecule has 0 fully saturated rings. The van der Waals surface area contributed by atoms with Crippen LogP contribution in [0.1, 0.15) is 0 Å². The summed E-state index contributed by atoms with van der Waals surface area (Å²) in [6.07, 6.45) is 0. The number of para-hydroxylation sites is 1. The average molecular weight is 554 g/mol. The summed E-state index contributed by atoms with van der Waals surface area (Å²) in [7, 11) is 0. The molecule has 6 rings (SSSR count). The van der Waals surface area contributed by atoms with Gasteiger partial charge in [0.1, 0.15) is 4.83 Å². The number of thiophene rings is 1. The van der Waals surface area contributed by atoms with Crippen LogP contribution in [-0.2, 0) is 4.79 Å². The zero-order valence-electron chi connectivity index (χ0n) is 19.8. The smallest absolute Gasteiger partial charge is 0.268 e. The number of hydrogen-bond acceptors (Lipinski definition) is 8. The van der Waals surface area contributed by atoms with E-state index in [1.54, 1.807) is 4.57 Å². The van der Waals surface area contributed by atoms with Gasteiger partial charge in [0.15, 0.2) is 11.0 Å². The quantitative estimate of drug-likeness (QED) is 0.183. The van der Waals surface area contributed by atoms with E-state index in [2.05, 4.69) is 14.7 Å². The van der Waals surface area contributed by atoms with Crippen molar-refractivity contribution in [3.63, 3.8) is 0 Å². The number of amides is 1. The van der Waals surface area contributed by atoms with Crippen molar-refractivity contribution in [3.05, 3.63) is 107 Å². The summed E-state index contributed by atoms with van der Waals surface area (Å²) in [6.45, 7) is 0. The van der Waals surface area contributed by atoms with Gasteiger partial charge in [-0.3, -0.25) is 19.5 Å². The summed E-state index contributed by atoms with van der Waals surface area (Å²) in [5, 5.41) is 6.22. The second-order valence-corrected chi connectivity index (χ2v) is 10.7. The van der Waals surface area contributed by atoms with E-state index in [1.807, 2.05) is 96.4 Å². The van der Waals surface area contributed by atoms with Gasteiger partial charge in [-0.05, 0) is 17.7 Å². The second-order valence-electron chi connectivity index (χ2n) is 8.19. The minimum absolute atomic E-state index is 0.0575. The lowest BCUT2D eigenvalue weighted by Crippen LogP contribution is -2.22. The van der Waals surface area contributed by atoms with Crippen LogP contribution in [0.3, 0.4) is 0 Å². The minimum Gasteiger partial charge on any atom is -0.300 e. The molecule has 0 atom stereocenters. The van der Waals surface area contributed by atoms with Crippen molar-refractivity contribution in [2.75, 3.05) is 11.1 Å². The maximum atomic E-state index is 13.9. The Morgan fingerprint density at radius 1 is 0.868 bits per heavy atom. The van der Waals surface area contributed by atoms with E-state index in [0.717, 1.165) is 28.2 Å². The summed E-state index contributed by atoms with van der Waals surface area (Å²) in [6, 6.07) is 28.8. The van der Waals surface area contributed by atoms with E-state index in [-0.39, 0.29) is 17.2 Å². The number of hydrogen-bond donors (Lipinski definition) is 1. The van der Waals surface area contributed by atoms with Crippen LogP contribution in [0, 0.1) is 0 Å². The first-order chi connectivity index (χ1) is 18.7. The highest BCUT2D eigenvalue weighted by Gasteiger charge is 2.19. The first-order valence-electron chi connectivity index (χ1n) is 11.6. The molecule has 0 saturated carbocycles.